The van der Waals surface area contributed by atoms with Crippen molar-refractivity contribution in [3.63, 3.8) is 0 Å². The number of benzene rings is 1. The molecule has 1 aliphatic rings. The molecular weight excluding hydrogens is 425 g/mol. The number of rotatable bonds is 4. The van der Waals surface area contributed by atoms with Crippen molar-refractivity contribution in [1.82, 2.24) is 30.0 Å². The van der Waals surface area contributed by atoms with Crippen LogP contribution in [0.3, 0.4) is 0 Å². The van der Waals surface area contributed by atoms with E-state index in [0.29, 0.717) is 22.5 Å². The number of aromatic amines is 1. The number of carbonyl (C=O) groups is 1. The van der Waals surface area contributed by atoms with Crippen molar-refractivity contribution in [2.45, 2.75) is 12.8 Å². The van der Waals surface area contributed by atoms with E-state index in [2.05, 4.69) is 31.7 Å². The van der Waals surface area contributed by atoms with E-state index in [9.17, 15) is 9.18 Å². The number of nitrogen functional groups attached to an aromatic ring is 1. The summed E-state index contributed by atoms with van der Waals surface area (Å²) < 4.78 is 20.0. The second-order valence-corrected chi connectivity index (χ2v) is 7.20. The Bertz CT molecular complexity index is 1270. The van der Waals surface area contributed by atoms with Crippen molar-refractivity contribution in [2.24, 2.45) is 0 Å². The van der Waals surface area contributed by atoms with Crippen LogP contribution in [0.2, 0.25) is 0 Å². The first-order chi connectivity index (χ1) is 16.1. The number of hydrogen-bond donors (Lipinski definition) is 2. The molecule has 1 fully saturated rings. The minimum Gasteiger partial charge on any atom is -0.439 e. The Morgan fingerprint density at radius 1 is 1.15 bits per heavy atom. The zero-order valence-corrected chi connectivity index (χ0v) is 17.7. The van der Waals surface area contributed by atoms with Crippen molar-refractivity contribution in [3.05, 3.63) is 67.4 Å². The maximum Gasteiger partial charge on any atom is 0.245 e. The van der Waals surface area contributed by atoms with Gasteiger partial charge in [-0.1, -0.05) is 24.8 Å². The molecule has 3 aromatic heterocycles. The van der Waals surface area contributed by atoms with Gasteiger partial charge in [-0.25, -0.2) is 9.97 Å². The van der Waals surface area contributed by atoms with Gasteiger partial charge in [0.25, 0.3) is 0 Å². The van der Waals surface area contributed by atoms with Crippen LogP contribution >= 0.6 is 0 Å². The highest BCUT2D eigenvalue weighted by Crippen LogP contribution is 2.31. The zero-order chi connectivity index (χ0) is 23.2. The molecule has 0 radical (unpaired) electrons. The smallest absolute Gasteiger partial charge is 0.245 e. The average molecular weight is 447 g/mol. The third kappa shape index (κ3) is 4.95. The van der Waals surface area contributed by atoms with Crippen LogP contribution in [-0.4, -0.2) is 49.0 Å². The lowest BCUT2D eigenvalue weighted by Crippen LogP contribution is -2.25. The number of halogens is 1. The molecule has 10 heteroatoms. The van der Waals surface area contributed by atoms with Crippen molar-refractivity contribution in [3.8, 4) is 22.9 Å². The summed E-state index contributed by atoms with van der Waals surface area (Å²) in [4.78, 5) is 24.4. The quantitative estimate of drug-likeness (QED) is 0.361. The SMILES string of the molecule is C=CC(=O)N1CCCC1.Nc1ncnc2n[nH]c(-c3ccc(Oc4ccccc4)nc3F)c12. The molecule has 0 spiro atoms. The number of nitrogens with two attached hydrogens (primary N) is 1. The molecule has 4 aromatic rings. The number of amides is 1. The van der Waals surface area contributed by atoms with Crippen molar-refractivity contribution in [1.29, 1.82) is 0 Å². The van der Waals surface area contributed by atoms with Gasteiger partial charge >= 0.3 is 0 Å². The monoisotopic (exact) mass is 447 g/mol. The maximum atomic E-state index is 14.5. The summed E-state index contributed by atoms with van der Waals surface area (Å²) in [6, 6.07) is 12.1. The van der Waals surface area contributed by atoms with E-state index in [0.717, 1.165) is 25.9 Å². The fourth-order valence-electron chi connectivity index (χ4n) is 3.41. The first kappa shape index (κ1) is 21.9. The summed E-state index contributed by atoms with van der Waals surface area (Å²) in [5.41, 5.74) is 6.79. The predicted molar refractivity (Wildman–Crippen MR) is 122 cm³/mol. The largest absolute Gasteiger partial charge is 0.439 e. The van der Waals surface area contributed by atoms with Crippen LogP contribution < -0.4 is 10.5 Å². The molecule has 1 aromatic carbocycles. The highest BCUT2D eigenvalue weighted by molar-refractivity contribution is 5.97. The van der Waals surface area contributed by atoms with Crippen LogP contribution in [-0.2, 0) is 4.79 Å². The predicted octanol–water partition coefficient (Wildman–Crippen LogP) is 3.72. The van der Waals surface area contributed by atoms with Gasteiger partial charge in [0.05, 0.1) is 16.6 Å². The zero-order valence-electron chi connectivity index (χ0n) is 17.7. The van der Waals surface area contributed by atoms with E-state index in [4.69, 9.17) is 10.5 Å². The summed E-state index contributed by atoms with van der Waals surface area (Å²) in [6.07, 6.45) is 4.98. The lowest BCUT2D eigenvalue weighted by molar-refractivity contribution is -0.124. The average Bonchev–Trinajstić information content (AvgIpc) is 3.51. The van der Waals surface area contributed by atoms with Crippen LogP contribution in [0.5, 0.6) is 11.6 Å². The summed E-state index contributed by atoms with van der Waals surface area (Å²) in [5, 5.41) is 7.19. The summed E-state index contributed by atoms with van der Waals surface area (Å²) in [6.45, 7) is 5.26. The van der Waals surface area contributed by atoms with Gasteiger partial charge in [0.1, 0.15) is 17.9 Å². The molecule has 0 atom stereocenters. The lowest BCUT2D eigenvalue weighted by atomic mass is 10.1. The number of aromatic nitrogens is 5. The highest BCUT2D eigenvalue weighted by atomic mass is 19.1. The summed E-state index contributed by atoms with van der Waals surface area (Å²) >= 11 is 0. The number of anilines is 1. The van der Waals surface area contributed by atoms with Gasteiger partial charge < -0.3 is 15.4 Å². The number of hydrogen-bond acceptors (Lipinski definition) is 7. The van der Waals surface area contributed by atoms with Gasteiger partial charge in [-0.2, -0.15) is 14.5 Å². The maximum absolute atomic E-state index is 14.5. The molecule has 3 N–H and O–H groups in total. The van der Waals surface area contributed by atoms with E-state index in [-0.39, 0.29) is 23.2 Å². The molecule has 168 valence electrons. The van der Waals surface area contributed by atoms with Crippen LogP contribution in [0.25, 0.3) is 22.3 Å². The summed E-state index contributed by atoms with van der Waals surface area (Å²) in [5.74, 6) is 0.301. The number of carbonyl (C=O) groups excluding carboxylic acids is 1. The Balaban J connectivity index is 0.000000243. The van der Waals surface area contributed by atoms with Crippen LogP contribution in [0.4, 0.5) is 10.2 Å². The van der Waals surface area contributed by atoms with Crippen LogP contribution in [0.15, 0.2) is 61.4 Å². The minimum absolute atomic E-state index is 0.0764. The highest BCUT2D eigenvalue weighted by Gasteiger charge is 2.17. The lowest BCUT2D eigenvalue weighted by Gasteiger charge is -2.10. The fourth-order valence-corrected chi connectivity index (χ4v) is 3.41. The van der Waals surface area contributed by atoms with E-state index < -0.39 is 5.95 Å². The van der Waals surface area contributed by atoms with Crippen molar-refractivity contribution in [2.75, 3.05) is 18.8 Å². The first-order valence-electron chi connectivity index (χ1n) is 10.3. The van der Waals surface area contributed by atoms with E-state index in [1.807, 2.05) is 23.1 Å². The molecule has 0 saturated carbocycles. The van der Waals surface area contributed by atoms with Gasteiger partial charge in [0, 0.05) is 19.2 Å². The Hall–Kier alpha value is -4.34. The minimum atomic E-state index is -0.711. The molecule has 0 aliphatic carbocycles. The Kier molecular flexibility index (Phi) is 6.53. The Labute approximate surface area is 189 Å². The standard InChI is InChI=1S/C16H11FN6O.C7H11NO/c17-14-10(13-12-15(18)19-8-20-16(12)23-22-13)6-7-11(21-14)24-9-4-2-1-3-5-9;1-2-7(9)8-5-3-4-6-8/h1-8H,(H3,18,19,20,22,23);2H,1,3-6H2. The van der Waals surface area contributed by atoms with Gasteiger partial charge in [0.15, 0.2) is 5.65 Å². The number of nitrogens with one attached hydrogen (secondary N) is 1. The van der Waals surface area contributed by atoms with Crippen molar-refractivity contribution >= 4 is 22.8 Å². The molecular formula is C23H22FN7O2. The number of fused-ring (bicyclic) bond motifs is 1. The Morgan fingerprint density at radius 3 is 2.61 bits per heavy atom. The van der Waals surface area contributed by atoms with Crippen LogP contribution in [0, 0.1) is 5.95 Å². The van der Waals surface area contributed by atoms with Gasteiger partial charge in [-0.15, -0.1) is 0 Å². The van der Waals surface area contributed by atoms with E-state index in [1.165, 1.54) is 12.4 Å². The molecule has 4 heterocycles. The Morgan fingerprint density at radius 2 is 1.91 bits per heavy atom. The van der Waals surface area contributed by atoms with Crippen LogP contribution in [0.1, 0.15) is 12.8 Å². The topological polar surface area (TPSA) is 123 Å². The number of para-hydroxylation sites is 1. The second kappa shape index (κ2) is 9.86. The number of nitrogens with zero attached hydrogens (tertiary/aromatic N) is 5. The van der Waals surface area contributed by atoms with E-state index >= 15 is 0 Å². The van der Waals surface area contributed by atoms with Gasteiger partial charge in [0.2, 0.25) is 17.7 Å². The van der Waals surface area contributed by atoms with Crippen molar-refractivity contribution < 1.29 is 13.9 Å². The number of ether oxygens (including phenoxy) is 1. The first-order valence-corrected chi connectivity index (χ1v) is 10.3. The molecule has 1 saturated heterocycles. The fraction of sp³-hybridized carbons (Fsp3) is 0.174. The molecule has 1 aliphatic heterocycles. The van der Waals surface area contributed by atoms with E-state index in [1.54, 1.807) is 24.3 Å². The third-order valence-corrected chi connectivity index (χ3v) is 5.03. The summed E-state index contributed by atoms with van der Waals surface area (Å²) in [7, 11) is 0. The third-order valence-electron chi connectivity index (χ3n) is 5.03. The molecule has 33 heavy (non-hydrogen) atoms. The molecule has 0 unspecified atom stereocenters. The number of H-pyrrole nitrogens is 1. The number of likely N-dealkylation sites (tertiary alicyclic amines) is 1. The molecule has 9 nitrogen and oxygen atoms in total. The van der Waals surface area contributed by atoms with Gasteiger partial charge in [-0.3, -0.25) is 9.89 Å². The van der Waals surface area contributed by atoms with Gasteiger partial charge in [-0.05, 0) is 37.1 Å². The molecule has 0 bridgehead atoms. The second-order valence-electron chi connectivity index (χ2n) is 7.20. The normalized spacial score (nSPS) is 12.8. The molecule has 1 amide bonds. The number of pyridine rings is 1. The molecule has 5 rings (SSSR count).